The number of likely N-dealkylation sites (tertiary alicyclic amines) is 1. The van der Waals surface area contributed by atoms with E-state index < -0.39 is 23.6 Å². The largest absolute Gasteiger partial charge is 0.479 e. The maximum Gasteiger partial charge on any atom is 0.407 e. The van der Waals surface area contributed by atoms with Crippen LogP contribution in [-0.2, 0) is 14.3 Å². The van der Waals surface area contributed by atoms with Gasteiger partial charge in [0.25, 0.3) is 0 Å². The molecule has 1 aliphatic heterocycles. The molecule has 2 aromatic carbocycles. The predicted octanol–water partition coefficient (Wildman–Crippen LogP) is 3.38. The van der Waals surface area contributed by atoms with Crippen LogP contribution in [0.25, 0.3) is 11.1 Å². The number of ether oxygens (including phenoxy) is 1. The summed E-state index contributed by atoms with van der Waals surface area (Å²) in [5.41, 5.74) is 3.42. The lowest BCUT2D eigenvalue weighted by Gasteiger charge is -2.35. The Balaban J connectivity index is 1.23. The van der Waals surface area contributed by atoms with Crippen LogP contribution < -0.4 is 5.32 Å². The Morgan fingerprint density at radius 2 is 1.75 bits per heavy atom. The highest BCUT2D eigenvalue weighted by atomic mass is 16.5. The van der Waals surface area contributed by atoms with Crippen molar-refractivity contribution in [3.05, 3.63) is 59.7 Å². The van der Waals surface area contributed by atoms with Gasteiger partial charge in [0.15, 0.2) is 0 Å². The number of benzene rings is 2. The molecule has 0 radical (unpaired) electrons. The van der Waals surface area contributed by atoms with Gasteiger partial charge in [-0.15, -0.1) is 0 Å². The van der Waals surface area contributed by atoms with Crippen LogP contribution >= 0.6 is 0 Å². The number of carboxylic acid groups (broad SMARTS) is 1. The number of carbonyl (C=O) groups excluding carboxylic acids is 2. The third kappa shape index (κ3) is 3.15. The van der Waals surface area contributed by atoms with Crippen LogP contribution in [0.3, 0.4) is 0 Å². The topological polar surface area (TPSA) is 95.9 Å². The van der Waals surface area contributed by atoms with Crippen LogP contribution in [0, 0.1) is 5.92 Å². The molecular formula is C25H26N2O5. The summed E-state index contributed by atoms with van der Waals surface area (Å²) < 4.78 is 5.52. The summed E-state index contributed by atoms with van der Waals surface area (Å²) in [6.45, 7) is 2.13. The maximum atomic E-state index is 13.0. The molecule has 3 aliphatic rings. The molecule has 3 atom stereocenters. The number of piperidine rings is 1. The standard InChI is InChI=1S/C25H26N2O5/c1-15(22(28)27-12-6-7-16-13-25(16,27)23(29)30)26-24(31)32-14-21-19-10-4-2-8-17(19)18-9-3-5-11-20(18)21/h2-5,8-11,15-16,21H,6-7,12-14H2,1H3,(H,26,31)(H,29,30)/t15?,16-,25+/m0/s1. The Hall–Kier alpha value is -3.35. The second-order valence-corrected chi connectivity index (χ2v) is 8.95. The van der Waals surface area contributed by atoms with Crippen molar-refractivity contribution in [1.29, 1.82) is 0 Å². The SMILES string of the molecule is CC(NC(=O)OCC1c2ccccc2-c2ccccc21)C(=O)N1CCC[C@H]2C[C@]21C(=O)O. The summed E-state index contributed by atoms with van der Waals surface area (Å²) >= 11 is 0. The molecule has 1 unspecified atom stereocenters. The van der Waals surface area contributed by atoms with Gasteiger partial charge in [-0.2, -0.15) is 0 Å². The normalized spacial score (nSPS) is 24.0. The van der Waals surface area contributed by atoms with Crippen LogP contribution in [0.4, 0.5) is 4.79 Å². The molecule has 166 valence electrons. The first kappa shape index (κ1) is 20.5. The van der Waals surface area contributed by atoms with Gasteiger partial charge >= 0.3 is 12.1 Å². The molecule has 7 nitrogen and oxygen atoms in total. The van der Waals surface area contributed by atoms with Crippen molar-refractivity contribution in [2.45, 2.75) is 43.7 Å². The molecule has 5 rings (SSSR count). The molecule has 2 N–H and O–H groups in total. The lowest BCUT2D eigenvalue weighted by Crippen LogP contribution is -2.56. The van der Waals surface area contributed by atoms with E-state index in [1.165, 1.54) is 4.90 Å². The number of alkyl carbamates (subject to hydrolysis) is 1. The number of hydrogen-bond acceptors (Lipinski definition) is 4. The molecule has 32 heavy (non-hydrogen) atoms. The third-order valence-corrected chi connectivity index (χ3v) is 7.17. The van der Waals surface area contributed by atoms with E-state index in [1.807, 2.05) is 36.4 Å². The van der Waals surface area contributed by atoms with E-state index in [2.05, 4.69) is 17.4 Å². The lowest BCUT2D eigenvalue weighted by molar-refractivity contribution is -0.155. The highest BCUT2D eigenvalue weighted by Gasteiger charge is 2.67. The summed E-state index contributed by atoms with van der Waals surface area (Å²) in [6.07, 6.45) is 1.42. The van der Waals surface area contributed by atoms with Crippen molar-refractivity contribution in [3.63, 3.8) is 0 Å². The number of carboxylic acids is 1. The summed E-state index contributed by atoms with van der Waals surface area (Å²) in [6, 6.07) is 15.3. The first-order valence-corrected chi connectivity index (χ1v) is 11.1. The van der Waals surface area contributed by atoms with Crippen molar-refractivity contribution < 1.29 is 24.2 Å². The molecule has 1 heterocycles. The summed E-state index contributed by atoms with van der Waals surface area (Å²) in [5.74, 6) is -1.38. The highest BCUT2D eigenvalue weighted by molar-refractivity contribution is 5.93. The Morgan fingerprint density at radius 3 is 2.38 bits per heavy atom. The lowest BCUT2D eigenvalue weighted by atomic mass is 9.98. The first-order valence-electron chi connectivity index (χ1n) is 11.1. The van der Waals surface area contributed by atoms with E-state index in [0.717, 1.165) is 35.1 Å². The fourth-order valence-electron chi connectivity index (χ4n) is 5.48. The summed E-state index contributed by atoms with van der Waals surface area (Å²) in [4.78, 5) is 38.7. The smallest absolute Gasteiger partial charge is 0.407 e. The average Bonchev–Trinajstić information content (AvgIpc) is 3.48. The van der Waals surface area contributed by atoms with Gasteiger partial charge in [0.2, 0.25) is 5.91 Å². The number of rotatable bonds is 5. The third-order valence-electron chi connectivity index (χ3n) is 7.17. The molecular weight excluding hydrogens is 408 g/mol. The van der Waals surface area contributed by atoms with Gasteiger partial charge in [-0.1, -0.05) is 48.5 Å². The van der Waals surface area contributed by atoms with Crippen LogP contribution in [0.15, 0.2) is 48.5 Å². The fraction of sp³-hybridized carbons (Fsp3) is 0.400. The molecule has 1 saturated heterocycles. The molecule has 2 aliphatic carbocycles. The number of nitrogens with one attached hydrogen (secondary N) is 1. The minimum absolute atomic E-state index is 0.0133. The van der Waals surface area contributed by atoms with Crippen molar-refractivity contribution in [1.82, 2.24) is 10.2 Å². The van der Waals surface area contributed by atoms with E-state index in [4.69, 9.17) is 4.74 Å². The van der Waals surface area contributed by atoms with Gasteiger partial charge in [-0.05, 0) is 54.4 Å². The van der Waals surface area contributed by atoms with E-state index in [-0.39, 0.29) is 24.3 Å². The van der Waals surface area contributed by atoms with Gasteiger partial charge in [-0.3, -0.25) is 4.79 Å². The number of fused-ring (bicyclic) bond motifs is 4. The molecule has 2 fully saturated rings. The van der Waals surface area contributed by atoms with Crippen molar-refractivity contribution in [3.8, 4) is 11.1 Å². The Bertz CT molecular complexity index is 1050. The highest BCUT2D eigenvalue weighted by Crippen LogP contribution is 2.54. The molecule has 0 bridgehead atoms. The van der Waals surface area contributed by atoms with Gasteiger partial charge < -0.3 is 20.1 Å². The van der Waals surface area contributed by atoms with Gasteiger partial charge in [-0.25, -0.2) is 9.59 Å². The molecule has 2 amide bonds. The van der Waals surface area contributed by atoms with Gasteiger partial charge in [0.05, 0.1) is 0 Å². The second-order valence-electron chi connectivity index (χ2n) is 8.95. The van der Waals surface area contributed by atoms with E-state index in [1.54, 1.807) is 6.92 Å². The molecule has 1 saturated carbocycles. The van der Waals surface area contributed by atoms with Crippen molar-refractivity contribution in [2.24, 2.45) is 5.92 Å². The number of carbonyl (C=O) groups is 3. The van der Waals surface area contributed by atoms with Crippen LogP contribution in [0.2, 0.25) is 0 Å². The first-order chi connectivity index (χ1) is 15.4. The maximum absolute atomic E-state index is 13.0. The Labute approximate surface area is 186 Å². The predicted molar refractivity (Wildman–Crippen MR) is 117 cm³/mol. The molecule has 2 aromatic rings. The number of aliphatic carboxylic acids is 1. The summed E-state index contributed by atoms with van der Waals surface area (Å²) in [5, 5.41) is 12.3. The number of nitrogens with zero attached hydrogens (tertiary/aromatic N) is 1. The molecule has 0 aromatic heterocycles. The fourth-order valence-corrected chi connectivity index (χ4v) is 5.48. The number of hydrogen-bond donors (Lipinski definition) is 2. The van der Waals surface area contributed by atoms with Crippen molar-refractivity contribution in [2.75, 3.05) is 13.2 Å². The van der Waals surface area contributed by atoms with Crippen LogP contribution in [0.1, 0.15) is 43.2 Å². The van der Waals surface area contributed by atoms with E-state index in [9.17, 15) is 19.5 Å². The van der Waals surface area contributed by atoms with Crippen molar-refractivity contribution >= 4 is 18.0 Å². The van der Waals surface area contributed by atoms with Crippen LogP contribution in [-0.4, -0.2) is 52.7 Å². The Morgan fingerprint density at radius 1 is 1.12 bits per heavy atom. The van der Waals surface area contributed by atoms with Gasteiger partial charge in [0.1, 0.15) is 18.2 Å². The van der Waals surface area contributed by atoms with E-state index >= 15 is 0 Å². The minimum atomic E-state index is -1.09. The van der Waals surface area contributed by atoms with Gasteiger partial charge in [0, 0.05) is 12.5 Å². The quantitative estimate of drug-likeness (QED) is 0.752. The zero-order valence-electron chi connectivity index (χ0n) is 17.9. The monoisotopic (exact) mass is 434 g/mol. The zero-order chi connectivity index (χ0) is 22.5. The average molecular weight is 434 g/mol. The second kappa shape index (κ2) is 7.65. The van der Waals surface area contributed by atoms with E-state index in [0.29, 0.717) is 13.0 Å². The molecule has 7 heteroatoms. The van der Waals surface area contributed by atoms with Crippen LogP contribution in [0.5, 0.6) is 0 Å². The number of amides is 2. The Kier molecular flexibility index (Phi) is 4.92. The minimum Gasteiger partial charge on any atom is -0.479 e. The summed E-state index contributed by atoms with van der Waals surface area (Å²) in [7, 11) is 0. The zero-order valence-corrected chi connectivity index (χ0v) is 17.9. The molecule has 0 spiro atoms.